The number of benzene rings is 2. The van der Waals surface area contributed by atoms with Crippen LogP contribution >= 0.6 is 34.7 Å². The molecule has 20 heteroatoms. The molecule has 2 fully saturated rings. The van der Waals surface area contributed by atoms with Crippen molar-refractivity contribution in [1.29, 1.82) is 0 Å². The molecular formula is C53H74ClN11O6S2. The van der Waals surface area contributed by atoms with Crippen molar-refractivity contribution in [3.05, 3.63) is 70.5 Å². The molecule has 0 saturated carbocycles. The topological polar surface area (TPSA) is 251 Å². The zero-order valence-corrected chi connectivity index (χ0v) is 45.5. The van der Waals surface area contributed by atoms with E-state index in [1.54, 1.807) is 35.7 Å². The van der Waals surface area contributed by atoms with Gasteiger partial charge in [0.1, 0.15) is 29.3 Å². The summed E-state index contributed by atoms with van der Waals surface area (Å²) in [7, 11) is 0. The summed E-state index contributed by atoms with van der Waals surface area (Å²) in [5, 5.41) is 23.0. The van der Waals surface area contributed by atoms with Crippen molar-refractivity contribution >= 4 is 81.6 Å². The first-order chi connectivity index (χ1) is 34.7. The fourth-order valence-electron chi connectivity index (χ4n) is 9.00. The van der Waals surface area contributed by atoms with Crippen LogP contribution in [0.3, 0.4) is 0 Å². The number of aliphatic hydroxyl groups excluding tert-OH is 1. The lowest BCUT2D eigenvalue weighted by atomic mass is 9.85. The highest BCUT2D eigenvalue weighted by Crippen LogP contribution is 2.39. The number of carbonyl (C=O) groups is 5. The second-order valence-corrected chi connectivity index (χ2v) is 23.1. The molecule has 6 rings (SSSR count). The number of aliphatic hydroxyl groups is 1. The quantitative estimate of drug-likeness (QED) is 0.0276. The largest absolute Gasteiger partial charge is 0.391 e. The number of rotatable bonds is 23. The normalized spacial score (nSPS) is 17.4. The molecule has 0 spiro atoms. The minimum Gasteiger partial charge on any atom is -0.391 e. The number of amides is 5. The lowest BCUT2D eigenvalue weighted by Crippen LogP contribution is -2.57. The van der Waals surface area contributed by atoms with Gasteiger partial charge in [0.05, 0.1) is 45.1 Å². The minimum absolute atomic E-state index is 0.0117. The van der Waals surface area contributed by atoms with Crippen molar-refractivity contribution in [2.45, 2.75) is 165 Å². The Labute approximate surface area is 443 Å². The van der Waals surface area contributed by atoms with Crippen molar-refractivity contribution in [1.82, 2.24) is 35.8 Å². The molecule has 2 aromatic heterocycles. The number of halogens is 1. The number of carbonyl (C=O) groups excluding carboxylic acids is 5. The van der Waals surface area contributed by atoms with Crippen LogP contribution in [0.25, 0.3) is 10.4 Å². The summed E-state index contributed by atoms with van der Waals surface area (Å²) >= 11 is 9.50. The molecule has 396 valence electrons. The Kier molecular flexibility index (Phi) is 20.5. The number of nitrogens with one attached hydrogen (secondary N) is 4. The van der Waals surface area contributed by atoms with E-state index >= 15 is 0 Å². The molecule has 2 aliphatic rings. The summed E-state index contributed by atoms with van der Waals surface area (Å²) in [6.45, 7) is 13.6. The lowest BCUT2D eigenvalue weighted by molar-refractivity contribution is -0.144. The van der Waals surface area contributed by atoms with Gasteiger partial charge < -0.3 is 47.6 Å². The van der Waals surface area contributed by atoms with E-state index in [-0.39, 0.29) is 66.8 Å². The Hall–Kier alpha value is -5.34. The van der Waals surface area contributed by atoms with Crippen LogP contribution in [0.2, 0.25) is 5.02 Å². The molecule has 17 nitrogen and oxygen atoms in total. The number of unbranched alkanes of at least 4 members (excludes halogenated alkanes) is 7. The van der Waals surface area contributed by atoms with E-state index in [1.165, 1.54) is 16.7 Å². The van der Waals surface area contributed by atoms with E-state index in [0.717, 1.165) is 92.6 Å². The average molecular weight is 1060 g/mol. The van der Waals surface area contributed by atoms with Crippen molar-refractivity contribution in [3.63, 3.8) is 0 Å². The Morgan fingerprint density at radius 3 is 2.25 bits per heavy atom. The molecule has 0 aliphatic carbocycles. The third-order valence-electron chi connectivity index (χ3n) is 13.5. The molecule has 4 unspecified atom stereocenters. The van der Waals surface area contributed by atoms with Crippen LogP contribution in [-0.2, 0) is 24.0 Å². The van der Waals surface area contributed by atoms with Gasteiger partial charge in [-0.15, -0.1) is 11.3 Å². The molecule has 4 aromatic rings. The number of anilines is 3. The molecule has 4 heterocycles. The maximum absolute atomic E-state index is 14.1. The number of nitrogens with zero attached hydrogens (tertiary/aromatic N) is 5. The van der Waals surface area contributed by atoms with E-state index < -0.39 is 29.5 Å². The molecule has 0 bridgehead atoms. The molecule has 73 heavy (non-hydrogen) atoms. The number of hydrogen-bond donors (Lipinski definition) is 7. The van der Waals surface area contributed by atoms with Gasteiger partial charge in [0, 0.05) is 49.5 Å². The number of nitrogens with two attached hydrogens (primary N) is 2. The van der Waals surface area contributed by atoms with Crippen LogP contribution in [0, 0.1) is 12.3 Å². The van der Waals surface area contributed by atoms with E-state index in [4.69, 9.17) is 23.1 Å². The van der Waals surface area contributed by atoms with Gasteiger partial charge in [0.25, 0.3) is 0 Å². The number of aryl methyl sites for hydroxylation is 1. The molecule has 2 aromatic carbocycles. The highest BCUT2D eigenvalue weighted by atomic mass is 35.5. The molecular weight excluding hydrogens is 986 g/mol. The average Bonchev–Trinajstić information content (AvgIpc) is 3.96. The van der Waals surface area contributed by atoms with Gasteiger partial charge in [-0.1, -0.05) is 113 Å². The van der Waals surface area contributed by atoms with Crippen LogP contribution in [0.5, 0.6) is 0 Å². The summed E-state index contributed by atoms with van der Waals surface area (Å²) in [5.74, 6) is -0.833. The highest BCUT2D eigenvalue weighted by molar-refractivity contribution is 7.99. The molecule has 2 aliphatic heterocycles. The first-order valence-corrected chi connectivity index (χ1v) is 27.5. The Bertz CT molecular complexity index is 2530. The van der Waals surface area contributed by atoms with Gasteiger partial charge in [-0.05, 0) is 75.1 Å². The second kappa shape index (κ2) is 26.2. The van der Waals surface area contributed by atoms with Gasteiger partial charge in [-0.25, -0.2) is 15.0 Å². The fraction of sp³-hybridized carbons (Fsp3) is 0.547. The monoisotopic (exact) mass is 1060 g/mol. The first-order valence-electron chi connectivity index (χ1n) is 25.5. The van der Waals surface area contributed by atoms with Crippen LogP contribution in [-0.4, -0.2) is 104 Å². The number of β-amino-alcohol motifs (C(OH)–C–C–N with tert-alkyl or cyclic N) is 1. The number of nitrogen functional groups attached to an aromatic ring is 1. The summed E-state index contributed by atoms with van der Waals surface area (Å²) in [6.07, 6.45) is 9.84. The van der Waals surface area contributed by atoms with E-state index in [1.807, 2.05) is 64.4 Å². The standard InChI is InChI=1S/C53H74ClN11O6S2/c1-33(35-19-21-36(22-20-35)46-34(2)59-32-72-46)60-49(70)39-28-37(66)31-65(39)51(71)47(52(3,4)5)63-42(67)18-13-11-9-7-8-10-12-14-25-57-43(68)29-44(69)61-38-16-15-17-40(45(38)54)73-50-48(55)62-41(30-58-50)64-26-23-53(6,56)24-27-64/h15-17,19-22,30,32-33,37,39,47,66H,7-14,18,23-29,31,56H2,1-6H3,(H2,55,62)(H,57,68)(H,60,70)(H,61,69)(H,63,67). The summed E-state index contributed by atoms with van der Waals surface area (Å²) < 4.78 is 0. The summed E-state index contributed by atoms with van der Waals surface area (Å²) in [5.41, 5.74) is 16.9. The molecule has 0 radical (unpaired) electrons. The molecule has 5 amide bonds. The Morgan fingerprint density at radius 2 is 1.60 bits per heavy atom. The molecule has 2 saturated heterocycles. The van der Waals surface area contributed by atoms with Crippen molar-refractivity contribution < 1.29 is 29.1 Å². The molecule has 4 atom stereocenters. The maximum atomic E-state index is 14.1. The molecule has 9 N–H and O–H groups in total. The van der Waals surface area contributed by atoms with Gasteiger partial charge >= 0.3 is 0 Å². The SMILES string of the molecule is Cc1ncsc1-c1ccc(C(C)NC(=O)C2CC(O)CN2C(=O)C(NC(=O)CCCCCCCCCCNC(=O)CC(=O)Nc2cccc(Sc3ncc(N4CCC(C)(N)CC4)nc3N)c2Cl)C(C)(C)C)cc1. The number of likely N-dealkylation sites (tertiary alicyclic amines) is 1. The number of aromatic nitrogens is 3. The predicted octanol–water partition coefficient (Wildman–Crippen LogP) is 7.94. The number of hydrogen-bond acceptors (Lipinski definition) is 14. The van der Waals surface area contributed by atoms with Crippen molar-refractivity contribution in [3.8, 4) is 10.4 Å². The minimum atomic E-state index is -0.878. The van der Waals surface area contributed by atoms with Gasteiger partial charge in [-0.3, -0.25) is 24.0 Å². The fourth-order valence-corrected chi connectivity index (χ4v) is 10.9. The Balaban J connectivity index is 0.826. The van der Waals surface area contributed by atoms with Crippen molar-refractivity contribution in [2.24, 2.45) is 11.1 Å². The smallest absolute Gasteiger partial charge is 0.246 e. The lowest BCUT2D eigenvalue weighted by Gasteiger charge is -2.37. The summed E-state index contributed by atoms with van der Waals surface area (Å²) in [4.78, 5) is 85.0. The zero-order valence-electron chi connectivity index (χ0n) is 43.1. The van der Waals surface area contributed by atoms with Crippen LogP contribution in [0.15, 0.2) is 64.1 Å². The predicted molar refractivity (Wildman–Crippen MR) is 290 cm³/mol. The maximum Gasteiger partial charge on any atom is 0.246 e. The van der Waals surface area contributed by atoms with Crippen LogP contribution < -0.4 is 37.6 Å². The van der Waals surface area contributed by atoms with Crippen LogP contribution in [0.1, 0.15) is 135 Å². The Morgan fingerprint density at radius 1 is 0.932 bits per heavy atom. The summed E-state index contributed by atoms with van der Waals surface area (Å²) in [6, 6.07) is 11.1. The van der Waals surface area contributed by atoms with Gasteiger partial charge in [0.2, 0.25) is 29.5 Å². The van der Waals surface area contributed by atoms with Crippen molar-refractivity contribution in [2.75, 3.05) is 42.1 Å². The second-order valence-electron chi connectivity index (χ2n) is 20.8. The van der Waals surface area contributed by atoms with E-state index in [0.29, 0.717) is 39.4 Å². The van der Waals surface area contributed by atoms with E-state index in [9.17, 15) is 29.1 Å². The highest BCUT2D eigenvalue weighted by Gasteiger charge is 2.44. The van der Waals surface area contributed by atoms with Gasteiger partial charge in [-0.2, -0.15) is 0 Å². The third-order valence-corrected chi connectivity index (χ3v) is 16.0. The zero-order chi connectivity index (χ0) is 52.9. The first kappa shape index (κ1) is 56.9. The van der Waals surface area contributed by atoms with Gasteiger partial charge in [0.15, 0.2) is 5.82 Å². The number of thiazole rings is 1. The number of piperidine rings is 1. The van der Waals surface area contributed by atoms with E-state index in [2.05, 4.69) is 48.0 Å². The van der Waals surface area contributed by atoms with Crippen LogP contribution in [0.4, 0.5) is 17.3 Å². The third kappa shape index (κ3) is 16.6.